The third-order valence-corrected chi connectivity index (χ3v) is 14.2. The van der Waals surface area contributed by atoms with Crippen LogP contribution >= 0.6 is 7.82 Å². The highest BCUT2D eigenvalue weighted by atomic mass is 31.2. The van der Waals surface area contributed by atoms with Gasteiger partial charge in [0.2, 0.25) is 5.91 Å². The first kappa shape index (κ1) is 68.9. The molecule has 0 fully saturated rings. The van der Waals surface area contributed by atoms with Gasteiger partial charge in [0.15, 0.2) is 0 Å². The van der Waals surface area contributed by atoms with Crippen LogP contribution in [0, 0.1) is 0 Å². The molecule has 0 aromatic heterocycles. The molecule has 1 amide bonds. The molecule has 0 aliphatic heterocycles. The Balaban J connectivity index is 4.07. The Morgan fingerprint density at radius 1 is 0.493 bits per heavy atom. The van der Waals surface area contributed by atoms with Gasteiger partial charge in [0.05, 0.1) is 39.9 Å². The molecule has 0 rings (SSSR count). The zero-order valence-corrected chi connectivity index (χ0v) is 48.1. The molecule has 3 atom stereocenters. The Labute approximate surface area is 440 Å². The fraction of sp³-hybridized carbons (Fsp3) is 0.790. The summed E-state index contributed by atoms with van der Waals surface area (Å²) in [5.41, 5.74) is 0. The van der Waals surface area contributed by atoms with Crippen molar-refractivity contribution in [1.82, 2.24) is 5.32 Å². The molecule has 0 bridgehead atoms. The summed E-state index contributed by atoms with van der Waals surface area (Å²) in [5.74, 6) is -0.176. The number of carbonyl (C=O) groups is 1. The largest absolute Gasteiger partial charge is 0.472 e. The van der Waals surface area contributed by atoms with Gasteiger partial charge in [-0.3, -0.25) is 13.8 Å². The van der Waals surface area contributed by atoms with Gasteiger partial charge in [-0.2, -0.15) is 0 Å². The van der Waals surface area contributed by atoms with Gasteiger partial charge in [0.1, 0.15) is 13.2 Å². The number of nitrogens with one attached hydrogen (secondary N) is 1. The lowest BCUT2D eigenvalue weighted by Crippen LogP contribution is -2.45. The summed E-state index contributed by atoms with van der Waals surface area (Å²) in [6, 6.07) is -0.848. The maximum Gasteiger partial charge on any atom is 0.472 e. The number of carbonyl (C=O) groups excluding carboxylic acids is 1. The van der Waals surface area contributed by atoms with Crippen molar-refractivity contribution in [3.8, 4) is 0 Å². The van der Waals surface area contributed by atoms with Gasteiger partial charge in [-0.1, -0.05) is 267 Å². The number of unbranched alkanes of at least 4 members (excludes halogenated alkanes) is 31. The molecule has 0 aromatic carbocycles. The topological polar surface area (TPSA) is 105 Å². The predicted octanol–water partition coefficient (Wildman–Crippen LogP) is 18.3. The smallest absolute Gasteiger partial charge is 0.387 e. The maximum atomic E-state index is 13.0. The Morgan fingerprint density at radius 3 is 1.24 bits per heavy atom. The quantitative estimate of drug-likeness (QED) is 0.0243. The van der Waals surface area contributed by atoms with Crippen LogP contribution < -0.4 is 5.32 Å². The molecule has 0 heterocycles. The number of phosphoric ester groups is 1. The van der Waals surface area contributed by atoms with Gasteiger partial charge in [-0.05, 0) is 64.2 Å². The minimum absolute atomic E-state index is 0.0608. The van der Waals surface area contributed by atoms with E-state index in [1.807, 2.05) is 27.2 Å². The van der Waals surface area contributed by atoms with Crippen LogP contribution in [0.3, 0.4) is 0 Å². The maximum absolute atomic E-state index is 13.0. The molecule has 0 saturated heterocycles. The minimum Gasteiger partial charge on any atom is -0.387 e. The molecule has 0 aliphatic rings. The molecule has 0 spiro atoms. The summed E-state index contributed by atoms with van der Waals surface area (Å²) in [5, 5.41) is 13.9. The molecule has 0 aromatic rings. The number of quaternary nitrogens is 1. The van der Waals surface area contributed by atoms with Crippen LogP contribution in [0.5, 0.6) is 0 Å². The molecule has 0 radical (unpaired) electrons. The number of aliphatic hydroxyl groups excluding tert-OH is 1. The van der Waals surface area contributed by atoms with Crippen molar-refractivity contribution in [2.24, 2.45) is 0 Å². The van der Waals surface area contributed by atoms with Crippen molar-refractivity contribution in [2.45, 2.75) is 276 Å². The van der Waals surface area contributed by atoms with Crippen LogP contribution in [-0.2, 0) is 18.4 Å². The monoisotopic (exact) mass is 1020 g/mol. The number of allylic oxidation sites excluding steroid dienone is 11. The normalized spacial score (nSPS) is 14.4. The van der Waals surface area contributed by atoms with Crippen molar-refractivity contribution < 1.29 is 32.9 Å². The zero-order valence-electron chi connectivity index (χ0n) is 47.2. The highest BCUT2D eigenvalue weighted by Crippen LogP contribution is 2.43. The highest BCUT2D eigenvalue weighted by molar-refractivity contribution is 7.47. The first-order valence-electron chi connectivity index (χ1n) is 29.8. The van der Waals surface area contributed by atoms with Crippen molar-refractivity contribution in [1.29, 1.82) is 0 Å². The molecule has 3 N–H and O–H groups in total. The number of phosphoric acid groups is 1. The van der Waals surface area contributed by atoms with E-state index in [0.717, 1.165) is 70.6 Å². The molecule has 8 nitrogen and oxygen atoms in total. The zero-order chi connectivity index (χ0) is 52.0. The predicted molar refractivity (Wildman–Crippen MR) is 309 cm³/mol. The molecule has 71 heavy (non-hydrogen) atoms. The Kier molecular flexibility index (Phi) is 51.3. The number of hydrogen-bond acceptors (Lipinski definition) is 5. The second-order valence-electron chi connectivity index (χ2n) is 21.3. The van der Waals surface area contributed by atoms with E-state index in [4.69, 9.17) is 9.05 Å². The Bertz CT molecular complexity index is 1380. The average Bonchev–Trinajstić information content (AvgIpc) is 3.33. The summed E-state index contributed by atoms with van der Waals surface area (Å²) < 4.78 is 23.7. The van der Waals surface area contributed by atoms with Crippen LogP contribution in [0.1, 0.15) is 264 Å². The summed E-state index contributed by atoms with van der Waals surface area (Å²) in [6.45, 7) is 4.72. The Hall–Kier alpha value is -2.06. The van der Waals surface area contributed by atoms with Crippen molar-refractivity contribution in [2.75, 3.05) is 40.9 Å². The average molecular weight is 1020 g/mol. The number of rotatable bonds is 54. The van der Waals surface area contributed by atoms with Gasteiger partial charge in [-0.25, -0.2) is 4.57 Å². The van der Waals surface area contributed by atoms with Gasteiger partial charge in [0.25, 0.3) is 0 Å². The van der Waals surface area contributed by atoms with Crippen LogP contribution in [0.4, 0.5) is 0 Å². The second-order valence-corrected chi connectivity index (χ2v) is 22.8. The van der Waals surface area contributed by atoms with Crippen molar-refractivity contribution in [3.63, 3.8) is 0 Å². The van der Waals surface area contributed by atoms with E-state index in [1.165, 1.54) is 173 Å². The van der Waals surface area contributed by atoms with Gasteiger partial charge in [-0.15, -0.1) is 0 Å². The van der Waals surface area contributed by atoms with Crippen LogP contribution in [-0.4, -0.2) is 73.4 Å². The first-order valence-corrected chi connectivity index (χ1v) is 31.3. The van der Waals surface area contributed by atoms with E-state index in [9.17, 15) is 19.4 Å². The highest BCUT2D eigenvalue weighted by Gasteiger charge is 2.27. The molecule has 0 aliphatic carbocycles. The lowest BCUT2D eigenvalue weighted by Gasteiger charge is -2.25. The number of hydrogen-bond donors (Lipinski definition) is 3. The van der Waals surface area contributed by atoms with E-state index in [-0.39, 0.29) is 19.1 Å². The number of amides is 1. The van der Waals surface area contributed by atoms with E-state index in [2.05, 4.69) is 79.9 Å². The molecular formula is C62H116N2O6P+. The van der Waals surface area contributed by atoms with Crippen LogP contribution in [0.2, 0.25) is 0 Å². The van der Waals surface area contributed by atoms with Crippen LogP contribution in [0.15, 0.2) is 72.9 Å². The minimum atomic E-state index is -4.35. The second kappa shape index (κ2) is 52.8. The summed E-state index contributed by atoms with van der Waals surface area (Å²) in [7, 11) is 1.57. The van der Waals surface area contributed by atoms with Crippen molar-refractivity contribution >= 4 is 13.7 Å². The fourth-order valence-corrected chi connectivity index (χ4v) is 9.28. The molecule has 0 saturated carbocycles. The number of nitrogens with zero attached hydrogens (tertiary/aromatic N) is 1. The first-order chi connectivity index (χ1) is 34.5. The van der Waals surface area contributed by atoms with E-state index < -0.39 is 20.0 Å². The number of likely N-dealkylation sites (N-methyl/N-ethyl adjacent to an activating group) is 1. The standard InChI is InChI=1S/C62H115N2O6P/c1-6-8-10-12-14-16-18-20-22-24-25-26-27-28-29-30-31-32-33-34-35-36-37-38-39-40-42-44-46-48-50-52-54-56-62(66)63-60(59-70-71(67,68)69-58-57-64(3,4)5)61(65)55-53-51-49-47-45-43-41-23-21-19-17-15-13-11-9-7-2/h8,10,14,16,20,22,25-26,28-29,53,55,60-61,65H,6-7,9,11-13,15,17-19,21,23-24,27,30-52,54,56-59H2,1-5H3,(H-,63,66,67,68)/p+1/b10-8-,16-14-,22-20-,26-25-,29-28-,55-53+. The lowest BCUT2D eigenvalue weighted by molar-refractivity contribution is -0.870. The third kappa shape index (κ3) is 55.5. The third-order valence-electron chi connectivity index (χ3n) is 13.2. The fourth-order valence-electron chi connectivity index (χ4n) is 8.54. The van der Waals surface area contributed by atoms with Gasteiger partial charge >= 0.3 is 7.82 Å². The van der Waals surface area contributed by atoms with Gasteiger partial charge < -0.3 is 19.8 Å². The number of aliphatic hydroxyl groups is 1. The van der Waals surface area contributed by atoms with E-state index in [0.29, 0.717) is 17.4 Å². The lowest BCUT2D eigenvalue weighted by atomic mass is 10.0. The molecule has 414 valence electrons. The van der Waals surface area contributed by atoms with E-state index in [1.54, 1.807) is 6.08 Å². The SMILES string of the molecule is CC/C=C\C/C=C\C/C=C\C/C=C\C/C=C\CCCCCCCCCCCCCCCCCCCC(=O)NC(COP(=O)(O)OCC[N+](C)(C)C)C(O)/C=C/CCCCCCCCCCCCCCCC. The van der Waals surface area contributed by atoms with Crippen molar-refractivity contribution in [3.05, 3.63) is 72.9 Å². The summed E-state index contributed by atoms with van der Waals surface area (Å²) >= 11 is 0. The molecular weight excluding hydrogens is 900 g/mol. The summed E-state index contributed by atoms with van der Waals surface area (Å²) in [4.78, 5) is 23.3. The molecule has 3 unspecified atom stereocenters. The van der Waals surface area contributed by atoms with Gasteiger partial charge in [0, 0.05) is 6.42 Å². The van der Waals surface area contributed by atoms with E-state index >= 15 is 0 Å². The van der Waals surface area contributed by atoms with Crippen LogP contribution in [0.25, 0.3) is 0 Å². The Morgan fingerprint density at radius 2 is 0.845 bits per heavy atom. The molecule has 9 heteroatoms. The summed E-state index contributed by atoms with van der Waals surface area (Å²) in [6.07, 6.45) is 72.9.